The van der Waals surface area contributed by atoms with Crippen LogP contribution in [0.4, 0.5) is 4.79 Å². The van der Waals surface area contributed by atoms with E-state index in [2.05, 4.69) is 21.7 Å². The van der Waals surface area contributed by atoms with Gasteiger partial charge in [-0.2, -0.15) is 5.26 Å². The van der Waals surface area contributed by atoms with Crippen molar-refractivity contribution in [3.63, 3.8) is 0 Å². The summed E-state index contributed by atoms with van der Waals surface area (Å²) in [6.45, 7) is 0. The Labute approximate surface area is 173 Å². The van der Waals surface area contributed by atoms with Gasteiger partial charge in [0.25, 0.3) is 5.91 Å². The maximum atomic E-state index is 12.1. The van der Waals surface area contributed by atoms with Crippen molar-refractivity contribution in [1.29, 1.82) is 5.26 Å². The number of halogens is 1. The van der Waals surface area contributed by atoms with Crippen molar-refractivity contribution in [3.05, 3.63) is 95.1 Å². The molecule has 0 radical (unpaired) electrons. The maximum Gasteiger partial charge on any atom is 0.322 e. The van der Waals surface area contributed by atoms with E-state index in [-0.39, 0.29) is 10.6 Å². The molecule has 0 fully saturated rings. The number of hydrogen-bond acceptors (Lipinski definition) is 4. The molecule has 0 aromatic heterocycles. The number of amides is 3. The lowest BCUT2D eigenvalue weighted by Crippen LogP contribution is -2.43. The molecular weight excluding hydrogens is 388 g/mol. The van der Waals surface area contributed by atoms with Crippen LogP contribution in [0.25, 0.3) is 0 Å². The molecular formula is C22H17ClN4O2. The third-order valence-electron chi connectivity index (χ3n) is 4.11. The number of carbonyl (C=O) groups excluding carboxylic acids is 2. The van der Waals surface area contributed by atoms with Gasteiger partial charge in [0.2, 0.25) is 0 Å². The third kappa shape index (κ3) is 5.41. The number of carbonyl (C=O) groups is 2. The summed E-state index contributed by atoms with van der Waals surface area (Å²) in [5.74, 6) is -0.584. The first kappa shape index (κ1) is 20.1. The number of urea groups is 1. The highest BCUT2D eigenvalue weighted by Crippen LogP contribution is 2.17. The van der Waals surface area contributed by atoms with Gasteiger partial charge in [-0.25, -0.2) is 4.79 Å². The fourth-order valence-electron chi connectivity index (χ4n) is 2.67. The number of hydrogen-bond donors (Lipinski definition) is 2. The molecule has 7 heteroatoms. The van der Waals surface area contributed by atoms with E-state index in [4.69, 9.17) is 11.6 Å². The van der Waals surface area contributed by atoms with Gasteiger partial charge in [-0.05, 0) is 29.8 Å². The van der Waals surface area contributed by atoms with E-state index in [0.29, 0.717) is 5.71 Å². The fraction of sp³-hybridized carbons (Fsp3) is 0.0909. The molecule has 3 amide bonds. The summed E-state index contributed by atoms with van der Waals surface area (Å²) in [7, 11) is 0. The molecule has 144 valence electrons. The molecule has 2 N–H and O–H groups in total. The monoisotopic (exact) mass is 404 g/mol. The molecule has 1 aliphatic carbocycles. The summed E-state index contributed by atoms with van der Waals surface area (Å²) in [6.07, 6.45) is 6.87. The minimum atomic E-state index is -0.645. The summed E-state index contributed by atoms with van der Waals surface area (Å²) >= 11 is 5.96. The lowest BCUT2D eigenvalue weighted by atomic mass is 10.1. The highest BCUT2D eigenvalue weighted by Gasteiger charge is 2.16. The van der Waals surface area contributed by atoms with Gasteiger partial charge in [-0.3, -0.25) is 15.1 Å². The number of nitriles is 1. The predicted molar refractivity (Wildman–Crippen MR) is 112 cm³/mol. The normalized spacial score (nSPS) is 15.9. The smallest absolute Gasteiger partial charge is 0.322 e. The molecule has 2 aromatic carbocycles. The molecule has 1 atom stereocenters. The molecule has 0 heterocycles. The van der Waals surface area contributed by atoms with E-state index in [0.717, 1.165) is 5.56 Å². The number of imide groups is 1. The highest BCUT2D eigenvalue weighted by molar-refractivity contribution is 6.34. The quantitative estimate of drug-likeness (QED) is 0.806. The second-order valence-corrected chi connectivity index (χ2v) is 6.55. The van der Waals surface area contributed by atoms with Crippen molar-refractivity contribution in [1.82, 2.24) is 10.6 Å². The van der Waals surface area contributed by atoms with E-state index in [1.807, 2.05) is 30.3 Å². The summed E-state index contributed by atoms with van der Waals surface area (Å²) in [4.78, 5) is 28.6. The van der Waals surface area contributed by atoms with Crippen LogP contribution < -0.4 is 10.6 Å². The molecule has 0 saturated carbocycles. The zero-order chi connectivity index (χ0) is 20.6. The van der Waals surface area contributed by atoms with Crippen molar-refractivity contribution in [2.75, 3.05) is 0 Å². The number of allylic oxidation sites excluding steroid dienone is 2. The van der Waals surface area contributed by atoms with Gasteiger partial charge in [0, 0.05) is 0 Å². The second kappa shape index (κ2) is 9.49. The van der Waals surface area contributed by atoms with E-state index >= 15 is 0 Å². The molecule has 1 unspecified atom stereocenters. The first-order chi connectivity index (χ1) is 14.1. The van der Waals surface area contributed by atoms with Gasteiger partial charge in [0.1, 0.15) is 0 Å². The minimum Gasteiger partial charge on any atom is -0.328 e. The lowest BCUT2D eigenvalue weighted by Gasteiger charge is -2.15. The average Bonchev–Trinajstić information content (AvgIpc) is 2.74. The van der Waals surface area contributed by atoms with Crippen LogP contribution in [0.5, 0.6) is 0 Å². The average molecular weight is 405 g/mol. The Hall–Kier alpha value is -3.69. The Bertz CT molecular complexity index is 1020. The number of nitrogens with zero attached hydrogens (tertiary/aromatic N) is 2. The van der Waals surface area contributed by atoms with Crippen LogP contribution in [0.1, 0.15) is 22.0 Å². The predicted octanol–water partition coefficient (Wildman–Crippen LogP) is 3.98. The topological polar surface area (TPSA) is 94.3 Å². The van der Waals surface area contributed by atoms with Crippen molar-refractivity contribution >= 4 is 29.3 Å². The molecule has 6 nitrogen and oxygen atoms in total. The van der Waals surface area contributed by atoms with Gasteiger partial charge in [-0.1, -0.05) is 66.2 Å². The van der Waals surface area contributed by atoms with Crippen LogP contribution in [0.15, 0.2) is 83.9 Å². The van der Waals surface area contributed by atoms with Crippen LogP contribution in [0.3, 0.4) is 0 Å². The Balaban J connectivity index is 1.58. The van der Waals surface area contributed by atoms with E-state index in [1.54, 1.807) is 42.5 Å². The van der Waals surface area contributed by atoms with Gasteiger partial charge < -0.3 is 5.32 Å². The highest BCUT2D eigenvalue weighted by atomic mass is 35.5. The van der Waals surface area contributed by atoms with Crippen LogP contribution in [0.2, 0.25) is 5.02 Å². The Morgan fingerprint density at radius 3 is 2.34 bits per heavy atom. The largest absolute Gasteiger partial charge is 0.328 e. The number of nitrogens with one attached hydrogen (secondary N) is 2. The lowest BCUT2D eigenvalue weighted by molar-refractivity contribution is 0.0964. The van der Waals surface area contributed by atoms with Crippen LogP contribution in [0, 0.1) is 11.3 Å². The Kier molecular flexibility index (Phi) is 6.56. The van der Waals surface area contributed by atoms with Gasteiger partial charge in [0.15, 0.2) is 6.04 Å². The molecule has 0 spiro atoms. The number of aliphatic imine (C=N–C) groups is 1. The van der Waals surface area contributed by atoms with E-state index in [9.17, 15) is 14.9 Å². The summed E-state index contributed by atoms with van der Waals surface area (Å²) < 4.78 is 0. The van der Waals surface area contributed by atoms with E-state index in [1.165, 1.54) is 6.07 Å². The fourth-order valence-corrected chi connectivity index (χ4v) is 2.89. The van der Waals surface area contributed by atoms with Crippen molar-refractivity contribution < 1.29 is 9.59 Å². The SMILES string of the molecule is N#CC(N=C1C=CC(NC(=O)NC(=O)c2ccccc2Cl)C=C1)c1ccccc1. The maximum absolute atomic E-state index is 12.1. The standard InChI is InChI=1S/C22H17ClN4O2/c23-19-9-5-4-8-18(19)21(28)27-22(29)26-17-12-10-16(11-13-17)25-20(14-24)15-6-2-1-3-7-15/h1-13,17,20H,(H2,26,27,28,29). The zero-order valence-electron chi connectivity index (χ0n) is 15.2. The minimum absolute atomic E-state index is 0.219. The molecule has 1 aliphatic rings. The summed E-state index contributed by atoms with van der Waals surface area (Å²) in [6, 6.07) is 16.3. The van der Waals surface area contributed by atoms with Gasteiger partial charge in [-0.15, -0.1) is 0 Å². The summed E-state index contributed by atoms with van der Waals surface area (Å²) in [5, 5.41) is 14.5. The molecule has 2 aromatic rings. The zero-order valence-corrected chi connectivity index (χ0v) is 16.0. The number of benzene rings is 2. The van der Waals surface area contributed by atoms with Crippen molar-refractivity contribution in [2.24, 2.45) is 4.99 Å². The molecule has 29 heavy (non-hydrogen) atoms. The molecule has 3 rings (SSSR count). The molecule has 0 aliphatic heterocycles. The first-order valence-corrected chi connectivity index (χ1v) is 9.20. The van der Waals surface area contributed by atoms with Gasteiger partial charge >= 0.3 is 6.03 Å². The van der Waals surface area contributed by atoms with Gasteiger partial charge in [0.05, 0.1) is 28.4 Å². The second-order valence-electron chi connectivity index (χ2n) is 6.15. The van der Waals surface area contributed by atoms with E-state index < -0.39 is 24.0 Å². The van der Waals surface area contributed by atoms with Crippen molar-refractivity contribution in [3.8, 4) is 6.07 Å². The third-order valence-corrected chi connectivity index (χ3v) is 4.44. The van der Waals surface area contributed by atoms with Crippen LogP contribution >= 0.6 is 11.6 Å². The first-order valence-electron chi connectivity index (χ1n) is 8.82. The number of rotatable bonds is 4. The Morgan fingerprint density at radius 2 is 1.69 bits per heavy atom. The molecule has 0 bridgehead atoms. The summed E-state index contributed by atoms with van der Waals surface area (Å²) in [5.41, 5.74) is 1.64. The van der Waals surface area contributed by atoms with Crippen LogP contribution in [-0.4, -0.2) is 23.7 Å². The van der Waals surface area contributed by atoms with Crippen molar-refractivity contribution in [2.45, 2.75) is 12.1 Å². The van der Waals surface area contributed by atoms with Crippen LogP contribution in [-0.2, 0) is 0 Å². The Morgan fingerprint density at radius 1 is 1.03 bits per heavy atom. The molecule has 0 saturated heterocycles.